The summed E-state index contributed by atoms with van der Waals surface area (Å²) in [5.41, 5.74) is 7.40. The Kier molecular flexibility index (Phi) is 5.59. The van der Waals surface area contributed by atoms with Crippen LogP contribution in [0.3, 0.4) is 0 Å². The lowest BCUT2D eigenvalue weighted by molar-refractivity contribution is -0.134. The molecule has 3 aromatic rings. The van der Waals surface area contributed by atoms with Gasteiger partial charge in [0.25, 0.3) is 5.91 Å². The van der Waals surface area contributed by atoms with Crippen molar-refractivity contribution in [2.45, 2.75) is 31.0 Å². The maximum absolute atomic E-state index is 12.0. The van der Waals surface area contributed by atoms with Gasteiger partial charge in [0.15, 0.2) is 29.3 Å². The molecule has 0 spiro atoms. The minimum atomic E-state index is -1.14. The van der Waals surface area contributed by atoms with Crippen LogP contribution in [0.2, 0.25) is 0 Å². The van der Waals surface area contributed by atoms with Crippen molar-refractivity contribution in [3.63, 3.8) is 0 Å². The van der Waals surface area contributed by atoms with E-state index in [1.807, 2.05) is 0 Å². The van der Waals surface area contributed by atoms with Gasteiger partial charge >= 0.3 is 0 Å². The first-order chi connectivity index (χ1) is 14.9. The number of fused-ring (bicyclic) bond motifs is 1. The number of carbonyl (C=O) groups is 1. The van der Waals surface area contributed by atoms with E-state index in [4.69, 9.17) is 15.2 Å². The number of likely N-dealkylation sites (N-methyl/N-ethyl adjacent to an activating group) is 1. The lowest BCUT2D eigenvalue weighted by Crippen LogP contribution is -2.46. The summed E-state index contributed by atoms with van der Waals surface area (Å²) in [4.78, 5) is 24.8. The number of rotatable bonds is 6. The zero-order valence-electron chi connectivity index (χ0n) is 16.9. The molecule has 3 heterocycles. The predicted octanol–water partition coefficient (Wildman–Crippen LogP) is -0.516. The molecule has 12 heteroatoms. The highest BCUT2D eigenvalue weighted by Crippen LogP contribution is 2.32. The Balaban J connectivity index is 1.60. The molecule has 1 fully saturated rings. The minimum Gasteiger partial charge on any atom is -0.508 e. The molecule has 6 N–H and O–H groups in total. The van der Waals surface area contributed by atoms with E-state index in [0.29, 0.717) is 28.3 Å². The van der Waals surface area contributed by atoms with Crippen LogP contribution >= 0.6 is 0 Å². The van der Waals surface area contributed by atoms with Crippen LogP contribution in [-0.2, 0) is 16.1 Å². The van der Waals surface area contributed by atoms with Crippen molar-refractivity contribution in [3.8, 4) is 11.5 Å². The number of hydrogen-bond acceptors (Lipinski definition) is 10. The van der Waals surface area contributed by atoms with Crippen LogP contribution in [0, 0.1) is 0 Å². The van der Waals surface area contributed by atoms with Gasteiger partial charge in [-0.2, -0.15) is 0 Å². The number of ether oxygens (including phenoxy) is 2. The molecule has 0 bridgehead atoms. The molecule has 1 amide bonds. The largest absolute Gasteiger partial charge is 0.508 e. The second kappa shape index (κ2) is 8.34. The molecule has 1 aliphatic heterocycles. The quantitative estimate of drug-likeness (QED) is 0.344. The average Bonchev–Trinajstić information content (AvgIpc) is 3.34. The minimum absolute atomic E-state index is 0.112. The fraction of sp³-hybridized carbons (Fsp3) is 0.368. The van der Waals surface area contributed by atoms with Crippen molar-refractivity contribution in [1.29, 1.82) is 0 Å². The van der Waals surface area contributed by atoms with Crippen LogP contribution < -0.4 is 21.1 Å². The highest BCUT2D eigenvalue weighted by molar-refractivity contribution is 5.83. The lowest BCUT2D eigenvalue weighted by atomic mass is 10.1. The number of aliphatic hydroxyl groups excluding tert-OH is 1. The number of anilines is 1. The number of benzene rings is 1. The number of imidazole rings is 1. The Morgan fingerprint density at radius 2 is 2.16 bits per heavy atom. The second-order valence-electron chi connectivity index (χ2n) is 7.02. The molecule has 12 nitrogen and oxygen atoms in total. The predicted molar refractivity (Wildman–Crippen MR) is 109 cm³/mol. The van der Waals surface area contributed by atoms with E-state index in [-0.39, 0.29) is 12.3 Å². The maximum Gasteiger partial charge on any atom is 0.250 e. The van der Waals surface area contributed by atoms with Gasteiger partial charge in [0.05, 0.1) is 19.5 Å². The Morgan fingerprint density at radius 1 is 1.35 bits per heavy atom. The Bertz CT molecular complexity index is 1100. The van der Waals surface area contributed by atoms with Crippen LogP contribution in [-0.4, -0.2) is 68.0 Å². The van der Waals surface area contributed by atoms with Crippen molar-refractivity contribution >= 4 is 22.9 Å². The summed E-state index contributed by atoms with van der Waals surface area (Å²) in [6, 6.07) is 4.01. The van der Waals surface area contributed by atoms with E-state index < -0.39 is 30.4 Å². The zero-order chi connectivity index (χ0) is 22.1. The number of aliphatic hydroxyl groups is 1. The fourth-order valence-corrected chi connectivity index (χ4v) is 3.48. The molecule has 4 rings (SSSR count). The summed E-state index contributed by atoms with van der Waals surface area (Å²) < 4.78 is 12.4. The number of nitrogens with one attached hydrogen (secondary N) is 2. The first kappa shape index (κ1) is 20.8. The van der Waals surface area contributed by atoms with Gasteiger partial charge in [-0.3, -0.25) is 9.36 Å². The van der Waals surface area contributed by atoms with Gasteiger partial charge in [-0.25, -0.2) is 15.0 Å². The van der Waals surface area contributed by atoms with Gasteiger partial charge in [-0.05, 0) is 18.2 Å². The summed E-state index contributed by atoms with van der Waals surface area (Å²) in [6.07, 6.45) is -0.295. The number of methoxy groups -OCH3 is 1. The summed E-state index contributed by atoms with van der Waals surface area (Å²) in [5.74, 6) is 0.723. The Hall–Kier alpha value is -3.48. The Morgan fingerprint density at radius 3 is 2.90 bits per heavy atom. The van der Waals surface area contributed by atoms with Crippen molar-refractivity contribution in [2.75, 3.05) is 19.5 Å². The number of aromatic hydroxyl groups is 1. The van der Waals surface area contributed by atoms with Gasteiger partial charge in [0.1, 0.15) is 23.9 Å². The molecule has 0 aliphatic carbocycles. The van der Waals surface area contributed by atoms with Crippen molar-refractivity contribution < 1.29 is 24.5 Å². The molecular weight excluding hydrogens is 406 g/mol. The standard InChI is InChI=1S/C19H23N7O5/c1-21-18(29)15-12(20)14(28)19(31-15)26-8-25-13-16(23-7-24-17(13)26)22-6-9-5-10(30-2)3-4-11(9)27/h3-5,7-8,12,14-15,19,27-28H,6,20H2,1-2H3,(H,21,29)(H,22,23,24)/t12-,14-,15-,19+/m0/s1. The Labute approximate surface area is 177 Å². The molecule has 1 aromatic carbocycles. The van der Waals surface area contributed by atoms with Gasteiger partial charge in [0.2, 0.25) is 0 Å². The zero-order valence-corrected chi connectivity index (χ0v) is 16.9. The molecule has 1 saturated heterocycles. The number of hydrogen-bond donors (Lipinski definition) is 5. The molecule has 2 aromatic heterocycles. The molecule has 31 heavy (non-hydrogen) atoms. The molecule has 0 unspecified atom stereocenters. The number of nitrogens with zero attached hydrogens (tertiary/aromatic N) is 4. The first-order valence-electron chi connectivity index (χ1n) is 9.52. The summed E-state index contributed by atoms with van der Waals surface area (Å²) in [6.45, 7) is 0.258. The van der Waals surface area contributed by atoms with Gasteiger partial charge in [-0.15, -0.1) is 0 Å². The molecule has 164 valence electrons. The number of amides is 1. The third-order valence-electron chi connectivity index (χ3n) is 5.19. The first-order valence-corrected chi connectivity index (χ1v) is 9.52. The SMILES string of the molecule is CNC(=O)[C@H]1O[C@@H](n2cnc3c(NCc4cc(OC)ccc4O)ncnc32)[C@@H](O)[C@@H]1N. The fourth-order valence-electron chi connectivity index (χ4n) is 3.48. The van der Waals surface area contributed by atoms with Crippen LogP contribution in [0.1, 0.15) is 11.8 Å². The third kappa shape index (κ3) is 3.71. The van der Waals surface area contributed by atoms with E-state index in [1.165, 1.54) is 24.3 Å². The van der Waals surface area contributed by atoms with E-state index in [2.05, 4.69) is 25.6 Å². The highest BCUT2D eigenvalue weighted by Gasteiger charge is 2.46. The van der Waals surface area contributed by atoms with Crippen molar-refractivity contribution in [3.05, 3.63) is 36.4 Å². The monoisotopic (exact) mass is 429 g/mol. The van der Waals surface area contributed by atoms with Crippen LogP contribution in [0.4, 0.5) is 5.82 Å². The average molecular weight is 429 g/mol. The maximum atomic E-state index is 12.0. The van der Waals surface area contributed by atoms with E-state index in [9.17, 15) is 15.0 Å². The van der Waals surface area contributed by atoms with Crippen LogP contribution in [0.15, 0.2) is 30.9 Å². The smallest absolute Gasteiger partial charge is 0.250 e. The van der Waals surface area contributed by atoms with Gasteiger partial charge in [0, 0.05) is 19.2 Å². The number of nitrogens with two attached hydrogens (primary N) is 1. The van der Waals surface area contributed by atoms with Gasteiger partial charge < -0.3 is 36.1 Å². The number of phenols is 1. The van der Waals surface area contributed by atoms with E-state index in [0.717, 1.165) is 0 Å². The number of phenolic OH excluding ortho intramolecular Hbond substituents is 1. The summed E-state index contributed by atoms with van der Waals surface area (Å²) in [7, 11) is 3.01. The van der Waals surface area contributed by atoms with E-state index >= 15 is 0 Å². The van der Waals surface area contributed by atoms with Crippen LogP contribution in [0.25, 0.3) is 11.2 Å². The number of carbonyl (C=O) groups excluding carboxylic acids is 1. The van der Waals surface area contributed by atoms with Gasteiger partial charge in [-0.1, -0.05) is 0 Å². The summed E-state index contributed by atoms with van der Waals surface area (Å²) >= 11 is 0. The van der Waals surface area contributed by atoms with Crippen LogP contribution in [0.5, 0.6) is 11.5 Å². The number of aromatic nitrogens is 4. The molecular formula is C19H23N7O5. The van der Waals surface area contributed by atoms with E-state index in [1.54, 1.807) is 25.3 Å². The van der Waals surface area contributed by atoms with Crippen molar-refractivity contribution in [1.82, 2.24) is 24.8 Å². The summed E-state index contributed by atoms with van der Waals surface area (Å²) in [5, 5.41) is 26.2. The lowest BCUT2D eigenvalue weighted by Gasteiger charge is -2.16. The molecule has 1 aliphatic rings. The topological polar surface area (TPSA) is 170 Å². The van der Waals surface area contributed by atoms with Crippen molar-refractivity contribution in [2.24, 2.45) is 5.73 Å². The molecule has 0 radical (unpaired) electrons. The highest BCUT2D eigenvalue weighted by atomic mass is 16.5. The molecule has 4 atom stereocenters. The normalized spacial score (nSPS) is 23.1. The molecule has 0 saturated carbocycles. The third-order valence-corrected chi connectivity index (χ3v) is 5.19. The second-order valence-corrected chi connectivity index (χ2v) is 7.02.